The van der Waals surface area contributed by atoms with E-state index in [1.165, 1.54) is 18.4 Å². The van der Waals surface area contributed by atoms with Gasteiger partial charge in [0, 0.05) is 24.5 Å². The molecule has 1 aliphatic heterocycles. The summed E-state index contributed by atoms with van der Waals surface area (Å²) in [5.74, 6) is 1.41. The van der Waals surface area contributed by atoms with Gasteiger partial charge in [0.25, 0.3) is 5.91 Å². The minimum Gasteiger partial charge on any atom is -0.451 e. The summed E-state index contributed by atoms with van der Waals surface area (Å²) in [5, 5.41) is 4.66. The summed E-state index contributed by atoms with van der Waals surface area (Å²) in [6.07, 6.45) is 4.85. The average molecular weight is 349 g/mol. The zero-order valence-corrected chi connectivity index (χ0v) is 14.9. The number of aryl methyl sites for hydroxylation is 1. The monoisotopic (exact) mass is 348 g/mol. The molecule has 4 nitrogen and oxygen atoms in total. The van der Waals surface area contributed by atoms with Crippen LogP contribution in [-0.2, 0) is 0 Å². The topological polar surface area (TPSA) is 45.5 Å². The van der Waals surface area contributed by atoms with Crippen molar-refractivity contribution < 1.29 is 9.21 Å². The van der Waals surface area contributed by atoms with Gasteiger partial charge in [-0.25, -0.2) is 0 Å². The highest BCUT2D eigenvalue weighted by Crippen LogP contribution is 2.28. The molecule has 1 aromatic carbocycles. The summed E-state index contributed by atoms with van der Waals surface area (Å²) >= 11 is 0. The molecule has 2 aromatic rings. The molecule has 1 saturated carbocycles. The number of carbonyl (C=O) groups excluding carboxylic acids is 1. The van der Waals surface area contributed by atoms with Gasteiger partial charge in [0.2, 0.25) is 0 Å². The predicted molar refractivity (Wildman–Crippen MR) is 97.9 cm³/mol. The first kappa shape index (κ1) is 17.3. The van der Waals surface area contributed by atoms with Crippen molar-refractivity contribution in [2.75, 3.05) is 19.6 Å². The molecule has 0 radical (unpaired) electrons. The third-order valence-electron chi connectivity index (χ3n) is 5.06. The molecule has 1 saturated heterocycles. The lowest BCUT2D eigenvalue weighted by atomic mass is 10.0. The number of fused-ring (bicyclic) bond motifs is 1. The second-order valence-electron chi connectivity index (χ2n) is 7.07. The Morgan fingerprint density at radius 3 is 2.67 bits per heavy atom. The van der Waals surface area contributed by atoms with E-state index >= 15 is 0 Å². The zero-order valence-electron chi connectivity index (χ0n) is 14.1. The number of nitrogens with one attached hydrogen (secondary N) is 1. The number of likely N-dealkylation sites (tertiary alicyclic amines) is 1. The van der Waals surface area contributed by atoms with Crippen LogP contribution in [0.15, 0.2) is 28.7 Å². The van der Waals surface area contributed by atoms with Gasteiger partial charge in [0.05, 0.1) is 0 Å². The van der Waals surface area contributed by atoms with E-state index in [-0.39, 0.29) is 18.3 Å². The van der Waals surface area contributed by atoms with Gasteiger partial charge in [-0.3, -0.25) is 4.79 Å². The van der Waals surface area contributed by atoms with Crippen molar-refractivity contribution in [1.82, 2.24) is 10.2 Å². The average Bonchev–Trinajstić information content (AvgIpc) is 3.30. The molecule has 2 fully saturated rings. The summed E-state index contributed by atoms with van der Waals surface area (Å²) in [7, 11) is 0. The van der Waals surface area contributed by atoms with Crippen LogP contribution in [0.1, 0.15) is 41.8 Å². The van der Waals surface area contributed by atoms with E-state index in [2.05, 4.69) is 11.4 Å². The van der Waals surface area contributed by atoms with Crippen molar-refractivity contribution >= 4 is 29.3 Å². The van der Waals surface area contributed by atoms with E-state index in [1.54, 1.807) is 0 Å². The first-order valence-corrected chi connectivity index (χ1v) is 8.72. The maximum absolute atomic E-state index is 12.6. The van der Waals surface area contributed by atoms with Crippen LogP contribution in [0.5, 0.6) is 0 Å². The number of rotatable bonds is 4. The van der Waals surface area contributed by atoms with E-state index in [4.69, 9.17) is 4.42 Å². The first-order chi connectivity index (χ1) is 11.2. The second kappa shape index (κ2) is 7.16. The predicted octanol–water partition coefficient (Wildman–Crippen LogP) is 3.77. The minimum absolute atomic E-state index is 0. The molecule has 130 valence electrons. The quantitative estimate of drug-likeness (QED) is 0.914. The number of hydrogen-bond acceptors (Lipinski definition) is 3. The highest BCUT2D eigenvalue weighted by atomic mass is 35.5. The number of amides is 1. The van der Waals surface area contributed by atoms with E-state index in [0.29, 0.717) is 11.8 Å². The van der Waals surface area contributed by atoms with Gasteiger partial charge in [-0.05, 0) is 63.3 Å². The summed E-state index contributed by atoms with van der Waals surface area (Å²) in [6.45, 7) is 4.84. The Morgan fingerprint density at radius 1 is 1.21 bits per heavy atom. The molecule has 1 aromatic heterocycles. The second-order valence-corrected chi connectivity index (χ2v) is 7.07. The Bertz CT molecular complexity index is 715. The minimum atomic E-state index is 0. The highest BCUT2D eigenvalue weighted by Gasteiger charge is 2.27. The number of carbonyl (C=O) groups is 1. The Morgan fingerprint density at radius 2 is 1.96 bits per heavy atom. The molecule has 4 rings (SSSR count). The van der Waals surface area contributed by atoms with Gasteiger partial charge < -0.3 is 14.6 Å². The SMILES string of the molecule is Cc1ccc2oc(C(=O)N3CCC(NCC4CC4)CC3)cc2c1.Cl. The first-order valence-electron chi connectivity index (χ1n) is 8.72. The Kier molecular flexibility index (Phi) is 5.16. The Labute approximate surface area is 149 Å². The van der Waals surface area contributed by atoms with Crippen molar-refractivity contribution in [2.24, 2.45) is 5.92 Å². The van der Waals surface area contributed by atoms with Crippen LogP contribution >= 0.6 is 12.4 Å². The molecule has 1 N–H and O–H groups in total. The molecule has 0 spiro atoms. The lowest BCUT2D eigenvalue weighted by Crippen LogP contribution is -2.45. The smallest absolute Gasteiger partial charge is 0.289 e. The van der Waals surface area contributed by atoms with Crippen molar-refractivity contribution in [3.05, 3.63) is 35.6 Å². The van der Waals surface area contributed by atoms with Gasteiger partial charge in [0.15, 0.2) is 5.76 Å². The third-order valence-corrected chi connectivity index (χ3v) is 5.06. The van der Waals surface area contributed by atoms with Crippen LogP contribution in [0.4, 0.5) is 0 Å². The number of hydrogen-bond donors (Lipinski definition) is 1. The molecular weight excluding hydrogens is 324 g/mol. The number of nitrogens with zero attached hydrogens (tertiary/aromatic N) is 1. The van der Waals surface area contributed by atoms with Crippen LogP contribution in [0.25, 0.3) is 11.0 Å². The van der Waals surface area contributed by atoms with E-state index in [0.717, 1.165) is 49.4 Å². The van der Waals surface area contributed by atoms with E-state index in [9.17, 15) is 4.79 Å². The van der Waals surface area contributed by atoms with Crippen LogP contribution in [-0.4, -0.2) is 36.5 Å². The molecule has 0 bridgehead atoms. The van der Waals surface area contributed by atoms with Gasteiger partial charge in [0.1, 0.15) is 5.58 Å². The number of benzene rings is 1. The Hall–Kier alpha value is -1.52. The fourth-order valence-corrected chi connectivity index (χ4v) is 3.37. The largest absolute Gasteiger partial charge is 0.451 e. The van der Waals surface area contributed by atoms with Crippen LogP contribution in [0, 0.1) is 12.8 Å². The van der Waals surface area contributed by atoms with Gasteiger partial charge in [-0.15, -0.1) is 12.4 Å². The van der Waals surface area contributed by atoms with Gasteiger partial charge in [-0.2, -0.15) is 0 Å². The van der Waals surface area contributed by atoms with Gasteiger partial charge >= 0.3 is 0 Å². The van der Waals surface area contributed by atoms with E-state index < -0.39 is 0 Å². The van der Waals surface area contributed by atoms with Crippen LogP contribution in [0.2, 0.25) is 0 Å². The number of piperidine rings is 1. The molecule has 1 aliphatic carbocycles. The molecule has 5 heteroatoms. The molecule has 0 unspecified atom stereocenters. The van der Waals surface area contributed by atoms with E-state index in [1.807, 2.05) is 30.0 Å². The van der Waals surface area contributed by atoms with Crippen molar-refractivity contribution in [2.45, 2.75) is 38.6 Å². The normalized spacial score (nSPS) is 18.6. The third kappa shape index (κ3) is 3.76. The lowest BCUT2D eigenvalue weighted by molar-refractivity contribution is 0.0675. The van der Waals surface area contributed by atoms with Gasteiger partial charge in [-0.1, -0.05) is 11.6 Å². The Balaban J connectivity index is 0.00000169. The summed E-state index contributed by atoms with van der Waals surface area (Å²) in [5.41, 5.74) is 1.97. The molecule has 2 heterocycles. The fraction of sp³-hybridized carbons (Fsp3) is 0.526. The fourth-order valence-electron chi connectivity index (χ4n) is 3.37. The maximum Gasteiger partial charge on any atom is 0.289 e. The molecule has 1 amide bonds. The van der Waals surface area contributed by atoms with Crippen LogP contribution < -0.4 is 5.32 Å². The summed E-state index contributed by atoms with van der Waals surface area (Å²) < 4.78 is 5.75. The van der Waals surface area contributed by atoms with Crippen molar-refractivity contribution in [3.8, 4) is 0 Å². The maximum atomic E-state index is 12.6. The highest BCUT2D eigenvalue weighted by molar-refractivity contribution is 5.96. The lowest BCUT2D eigenvalue weighted by Gasteiger charge is -2.32. The standard InChI is InChI=1S/C19H24N2O2.ClH/c1-13-2-5-17-15(10-13)11-18(23-17)19(22)21-8-6-16(7-9-21)20-12-14-3-4-14;/h2,5,10-11,14,16,20H,3-4,6-9,12H2,1H3;1H. The number of halogens is 1. The van der Waals surface area contributed by atoms with Crippen molar-refractivity contribution in [3.63, 3.8) is 0 Å². The zero-order chi connectivity index (χ0) is 15.8. The summed E-state index contributed by atoms with van der Waals surface area (Å²) in [6, 6.07) is 8.45. The van der Waals surface area contributed by atoms with Crippen molar-refractivity contribution in [1.29, 1.82) is 0 Å². The molecular formula is C19H25ClN2O2. The number of furan rings is 1. The molecule has 0 atom stereocenters. The van der Waals surface area contributed by atoms with Crippen LogP contribution in [0.3, 0.4) is 0 Å². The summed E-state index contributed by atoms with van der Waals surface area (Å²) in [4.78, 5) is 14.6. The molecule has 24 heavy (non-hydrogen) atoms. The molecule has 2 aliphatic rings.